The van der Waals surface area contributed by atoms with Crippen LogP contribution in [0.4, 0.5) is 0 Å². The van der Waals surface area contributed by atoms with E-state index in [0.29, 0.717) is 30.2 Å². The lowest BCUT2D eigenvalue weighted by Gasteiger charge is -2.12. The number of nitrogens with one attached hydrogen (secondary N) is 1. The average Bonchev–Trinajstić information content (AvgIpc) is 2.94. The normalized spacial score (nSPS) is 11.0. The van der Waals surface area contributed by atoms with Crippen LogP contribution >= 0.6 is 27.5 Å². The van der Waals surface area contributed by atoms with Gasteiger partial charge in [0.2, 0.25) is 0 Å². The molecule has 0 atom stereocenters. The summed E-state index contributed by atoms with van der Waals surface area (Å²) in [6.07, 6.45) is 0. The molecule has 2 N–H and O–H groups in total. The summed E-state index contributed by atoms with van der Waals surface area (Å²) in [5, 5.41) is 13.9. The van der Waals surface area contributed by atoms with Crippen LogP contribution in [0, 0.1) is 13.8 Å². The van der Waals surface area contributed by atoms with Crippen LogP contribution in [0.1, 0.15) is 38.4 Å². The molecule has 1 heterocycles. The summed E-state index contributed by atoms with van der Waals surface area (Å²) in [6.45, 7) is 5.41. The second kappa shape index (κ2) is 9.69. The first-order valence-electron chi connectivity index (χ1n) is 9.51. The van der Waals surface area contributed by atoms with Gasteiger partial charge in [-0.05, 0) is 49.7 Å². The fourth-order valence-corrected chi connectivity index (χ4v) is 4.20. The Morgan fingerprint density at radius 1 is 1.13 bits per heavy atom. The molecule has 30 heavy (non-hydrogen) atoms. The highest BCUT2D eigenvalue weighted by molar-refractivity contribution is 9.10. The number of rotatable bonds is 8. The third-order valence-electron chi connectivity index (χ3n) is 5.24. The number of carbonyl (C=O) groups is 1. The summed E-state index contributed by atoms with van der Waals surface area (Å²) >= 11 is 9.46. The highest BCUT2D eigenvalue weighted by Crippen LogP contribution is 2.26. The second-order valence-electron chi connectivity index (χ2n) is 7.10. The number of carboxylic acids is 1. The number of methoxy groups -OCH3 is 1. The van der Waals surface area contributed by atoms with Gasteiger partial charge in [-0.25, -0.2) is 4.79 Å². The minimum Gasteiger partial charge on any atom is -0.496 e. The van der Waals surface area contributed by atoms with E-state index >= 15 is 0 Å². The van der Waals surface area contributed by atoms with E-state index < -0.39 is 5.97 Å². The number of carboxylic acid groups (broad SMARTS) is 1. The lowest BCUT2D eigenvalue weighted by Crippen LogP contribution is -2.16. The molecule has 0 radical (unpaired) electrons. The van der Waals surface area contributed by atoms with Gasteiger partial charge >= 0.3 is 5.97 Å². The summed E-state index contributed by atoms with van der Waals surface area (Å²) in [6, 6.07) is 13.4. The molecule has 1 aromatic heterocycles. The summed E-state index contributed by atoms with van der Waals surface area (Å²) in [4.78, 5) is 12.0. The zero-order valence-corrected chi connectivity index (χ0v) is 19.5. The van der Waals surface area contributed by atoms with Gasteiger partial charge in [-0.15, -0.1) is 0 Å². The molecule has 0 saturated carbocycles. The van der Waals surface area contributed by atoms with E-state index in [9.17, 15) is 9.90 Å². The molecule has 3 aromatic rings. The minimum absolute atomic E-state index is 0.357. The number of hydrogen-bond donors (Lipinski definition) is 2. The minimum atomic E-state index is -0.915. The number of halogens is 2. The summed E-state index contributed by atoms with van der Waals surface area (Å²) in [7, 11) is 1.64. The van der Waals surface area contributed by atoms with E-state index in [2.05, 4.69) is 21.2 Å². The van der Waals surface area contributed by atoms with Crippen LogP contribution in [-0.2, 0) is 19.6 Å². The fraction of sp³-hybridized carbons (Fsp3) is 0.261. The van der Waals surface area contributed by atoms with Crippen molar-refractivity contribution in [2.24, 2.45) is 0 Å². The third kappa shape index (κ3) is 4.89. The molecule has 0 amide bonds. The van der Waals surface area contributed by atoms with E-state index in [1.54, 1.807) is 7.11 Å². The molecule has 0 aliphatic rings. The van der Waals surface area contributed by atoms with E-state index in [4.69, 9.17) is 16.3 Å². The Balaban J connectivity index is 1.84. The van der Waals surface area contributed by atoms with Crippen LogP contribution in [0.3, 0.4) is 0 Å². The Morgan fingerprint density at radius 3 is 2.47 bits per heavy atom. The van der Waals surface area contributed by atoms with Crippen LogP contribution in [0.2, 0.25) is 5.02 Å². The van der Waals surface area contributed by atoms with E-state index in [1.165, 1.54) is 0 Å². The first-order chi connectivity index (χ1) is 14.3. The Morgan fingerprint density at radius 2 is 1.83 bits per heavy atom. The molecule has 0 bridgehead atoms. The maximum absolute atomic E-state index is 12.0. The highest BCUT2D eigenvalue weighted by Gasteiger charge is 2.22. The number of nitrogens with zero attached hydrogens (tertiary/aromatic N) is 1. The monoisotopic (exact) mass is 490 g/mol. The molecule has 0 aliphatic carbocycles. The zero-order valence-electron chi connectivity index (χ0n) is 17.1. The molecule has 7 heteroatoms. The number of aromatic nitrogens is 1. The molecule has 3 rings (SSSR count). The number of aromatic carboxylic acids is 1. The molecule has 5 nitrogen and oxygen atoms in total. The molecule has 2 aromatic carbocycles. The molecular formula is C23H24BrClN2O3. The van der Waals surface area contributed by atoms with Crippen molar-refractivity contribution in [2.75, 3.05) is 7.11 Å². The zero-order chi connectivity index (χ0) is 21.8. The van der Waals surface area contributed by atoms with Gasteiger partial charge in [-0.2, -0.15) is 0 Å². The van der Waals surface area contributed by atoms with Crippen molar-refractivity contribution in [3.05, 3.63) is 85.6 Å². The van der Waals surface area contributed by atoms with Crippen LogP contribution in [-0.4, -0.2) is 22.8 Å². The predicted octanol–water partition coefficient (Wildman–Crippen LogP) is 5.57. The Kier molecular flexibility index (Phi) is 7.23. The third-order valence-corrected chi connectivity index (χ3v) is 5.98. The summed E-state index contributed by atoms with van der Waals surface area (Å²) in [5.41, 5.74) is 4.90. The van der Waals surface area contributed by atoms with Crippen molar-refractivity contribution in [3.63, 3.8) is 0 Å². The molecule has 0 fully saturated rings. The topological polar surface area (TPSA) is 63.5 Å². The van der Waals surface area contributed by atoms with Gasteiger partial charge in [-0.3, -0.25) is 0 Å². The van der Waals surface area contributed by atoms with Crippen LogP contribution in [0.5, 0.6) is 5.75 Å². The SMILES string of the molecule is COc1ccc(Br)cc1CNCc1c(C(=O)O)c(C)n(Cc2ccc(Cl)cc2)c1C. The van der Waals surface area contributed by atoms with E-state index in [1.807, 2.05) is 60.9 Å². The Bertz CT molecular complexity index is 1060. The molecule has 158 valence electrons. The standard InChI is InChI=1S/C23H24BrClN2O3/c1-14-20(12-26-11-17-10-18(24)6-9-21(17)30-3)22(23(28)29)15(2)27(14)13-16-4-7-19(25)8-5-16/h4-10,26H,11-13H2,1-3H3,(H,28,29). The van der Waals surface area contributed by atoms with E-state index in [-0.39, 0.29) is 0 Å². The first-order valence-corrected chi connectivity index (χ1v) is 10.7. The van der Waals surface area contributed by atoms with Crippen LogP contribution in [0.25, 0.3) is 0 Å². The van der Waals surface area contributed by atoms with Gasteiger partial charge in [0.1, 0.15) is 5.75 Å². The quantitative estimate of drug-likeness (QED) is 0.433. The smallest absolute Gasteiger partial charge is 0.337 e. The Hall–Kier alpha value is -2.28. The maximum Gasteiger partial charge on any atom is 0.337 e. The number of hydrogen-bond acceptors (Lipinski definition) is 3. The number of benzene rings is 2. The maximum atomic E-state index is 12.0. The van der Waals surface area contributed by atoms with Crippen LogP contribution in [0.15, 0.2) is 46.9 Å². The van der Waals surface area contributed by atoms with Crippen molar-refractivity contribution in [1.29, 1.82) is 0 Å². The Labute approximate surface area is 189 Å². The molecule has 0 saturated heterocycles. The number of ether oxygens (including phenoxy) is 1. The van der Waals surface area contributed by atoms with Gasteiger partial charge in [0, 0.05) is 51.6 Å². The highest BCUT2D eigenvalue weighted by atomic mass is 79.9. The van der Waals surface area contributed by atoms with Crippen molar-refractivity contribution < 1.29 is 14.6 Å². The van der Waals surface area contributed by atoms with Crippen molar-refractivity contribution in [3.8, 4) is 5.75 Å². The van der Waals surface area contributed by atoms with Gasteiger partial charge < -0.3 is 19.7 Å². The molecular weight excluding hydrogens is 468 g/mol. The van der Waals surface area contributed by atoms with E-state index in [0.717, 1.165) is 38.3 Å². The fourth-order valence-electron chi connectivity index (χ4n) is 3.67. The van der Waals surface area contributed by atoms with Gasteiger partial charge in [0.25, 0.3) is 0 Å². The van der Waals surface area contributed by atoms with Crippen LogP contribution < -0.4 is 10.1 Å². The lowest BCUT2D eigenvalue weighted by atomic mass is 10.1. The van der Waals surface area contributed by atoms with Crippen molar-refractivity contribution in [1.82, 2.24) is 9.88 Å². The molecule has 0 unspecified atom stereocenters. The van der Waals surface area contributed by atoms with Crippen molar-refractivity contribution >= 4 is 33.5 Å². The summed E-state index contributed by atoms with van der Waals surface area (Å²) < 4.78 is 8.43. The lowest BCUT2D eigenvalue weighted by molar-refractivity contribution is 0.0694. The average molecular weight is 492 g/mol. The van der Waals surface area contributed by atoms with Gasteiger partial charge in [-0.1, -0.05) is 39.7 Å². The van der Waals surface area contributed by atoms with Gasteiger partial charge in [0.15, 0.2) is 0 Å². The molecule has 0 aliphatic heterocycles. The molecule has 0 spiro atoms. The first kappa shape index (κ1) is 22.4. The van der Waals surface area contributed by atoms with Crippen molar-refractivity contribution in [2.45, 2.75) is 33.5 Å². The predicted molar refractivity (Wildman–Crippen MR) is 123 cm³/mol. The summed E-state index contributed by atoms with van der Waals surface area (Å²) in [5.74, 6) is -0.125. The second-order valence-corrected chi connectivity index (χ2v) is 8.45. The van der Waals surface area contributed by atoms with Gasteiger partial charge in [0.05, 0.1) is 12.7 Å². The largest absolute Gasteiger partial charge is 0.496 e.